The molecule has 2 aromatic heterocycles. The van der Waals surface area contributed by atoms with Crippen molar-refractivity contribution in [3.8, 4) is 17.1 Å². The molecule has 4 rings (SSSR count). The molecular formula is C22H20ClN5O3S. The number of amides is 1. The molecule has 0 aliphatic heterocycles. The third-order valence-electron chi connectivity index (χ3n) is 4.62. The summed E-state index contributed by atoms with van der Waals surface area (Å²) in [5.41, 5.74) is 2.33. The van der Waals surface area contributed by atoms with Crippen molar-refractivity contribution in [2.24, 2.45) is 0 Å². The number of fused-ring (bicyclic) bond motifs is 1. The lowest BCUT2D eigenvalue weighted by Crippen LogP contribution is -2.16. The lowest BCUT2D eigenvalue weighted by Gasteiger charge is -2.10. The minimum absolute atomic E-state index is 0.0843. The Hall–Kier alpha value is -3.30. The summed E-state index contributed by atoms with van der Waals surface area (Å²) in [7, 11) is 0. The molecule has 2 aromatic carbocycles. The standard InChI is InChI=1S/C22H20ClN5O3S/c1-3-31-15-9-7-14(8-10-15)21-25-18-11-19(29)27-28(18)22(26-21)32-12-20(30)24-17-6-4-5-16(23)13(17)2/h4-11H,3,12H2,1-2H3,(H,24,30)(H,27,29). The van der Waals surface area contributed by atoms with Gasteiger partial charge in [0.1, 0.15) is 5.75 Å². The van der Waals surface area contributed by atoms with Gasteiger partial charge in [0.15, 0.2) is 16.6 Å². The van der Waals surface area contributed by atoms with E-state index in [9.17, 15) is 9.59 Å². The monoisotopic (exact) mass is 469 g/mol. The molecule has 2 N–H and O–H groups in total. The molecule has 0 unspecified atom stereocenters. The molecule has 0 atom stereocenters. The third-order valence-corrected chi connectivity index (χ3v) is 5.97. The largest absolute Gasteiger partial charge is 0.494 e. The van der Waals surface area contributed by atoms with Gasteiger partial charge in [-0.2, -0.15) is 0 Å². The van der Waals surface area contributed by atoms with E-state index >= 15 is 0 Å². The normalized spacial score (nSPS) is 11.0. The molecule has 0 bridgehead atoms. The molecule has 0 fully saturated rings. The summed E-state index contributed by atoms with van der Waals surface area (Å²) < 4.78 is 6.95. The Kier molecular flexibility index (Phi) is 6.48. The molecule has 4 aromatic rings. The minimum Gasteiger partial charge on any atom is -0.494 e. The number of H-pyrrole nitrogens is 1. The van der Waals surface area contributed by atoms with E-state index in [2.05, 4.69) is 20.4 Å². The number of rotatable bonds is 7. The highest BCUT2D eigenvalue weighted by molar-refractivity contribution is 7.99. The zero-order valence-electron chi connectivity index (χ0n) is 17.4. The van der Waals surface area contributed by atoms with Crippen molar-refractivity contribution < 1.29 is 9.53 Å². The zero-order valence-corrected chi connectivity index (χ0v) is 19.0. The second kappa shape index (κ2) is 9.46. The number of aromatic amines is 1. The fourth-order valence-corrected chi connectivity index (χ4v) is 3.96. The quantitative estimate of drug-likeness (QED) is 0.394. The Morgan fingerprint density at radius 3 is 2.75 bits per heavy atom. The average Bonchev–Trinajstić information content (AvgIpc) is 3.16. The fourth-order valence-electron chi connectivity index (χ4n) is 3.04. The number of thioether (sulfide) groups is 1. The van der Waals surface area contributed by atoms with Crippen LogP contribution < -0.4 is 15.6 Å². The number of carbonyl (C=O) groups is 1. The molecule has 0 saturated heterocycles. The molecule has 10 heteroatoms. The maximum absolute atomic E-state index is 12.5. The molecule has 164 valence electrons. The Morgan fingerprint density at radius 1 is 1.22 bits per heavy atom. The molecular weight excluding hydrogens is 450 g/mol. The van der Waals surface area contributed by atoms with Crippen LogP contribution in [0.15, 0.2) is 58.5 Å². The number of anilines is 1. The fraction of sp³-hybridized carbons (Fsp3) is 0.182. The summed E-state index contributed by atoms with van der Waals surface area (Å²) in [4.78, 5) is 33.5. The van der Waals surface area contributed by atoms with Gasteiger partial charge in [0.05, 0.1) is 12.4 Å². The smallest absolute Gasteiger partial charge is 0.266 e. The van der Waals surface area contributed by atoms with Gasteiger partial charge in [-0.15, -0.1) is 0 Å². The van der Waals surface area contributed by atoms with E-state index in [1.54, 1.807) is 18.2 Å². The number of hydrogen-bond donors (Lipinski definition) is 2. The Bertz CT molecular complexity index is 1330. The molecule has 0 saturated carbocycles. The number of hydrogen-bond acceptors (Lipinski definition) is 6. The topological polar surface area (TPSA) is 101 Å². The third kappa shape index (κ3) is 4.79. The van der Waals surface area contributed by atoms with Gasteiger partial charge in [-0.25, -0.2) is 14.5 Å². The maximum Gasteiger partial charge on any atom is 0.266 e. The molecule has 0 spiro atoms. The number of nitrogens with zero attached hydrogens (tertiary/aromatic N) is 3. The van der Waals surface area contributed by atoms with E-state index in [1.807, 2.05) is 38.1 Å². The van der Waals surface area contributed by atoms with Crippen molar-refractivity contribution in [3.63, 3.8) is 0 Å². The zero-order chi connectivity index (χ0) is 22.7. The van der Waals surface area contributed by atoms with Crippen LogP contribution in [0.1, 0.15) is 12.5 Å². The van der Waals surface area contributed by atoms with Crippen LogP contribution in [0.3, 0.4) is 0 Å². The van der Waals surface area contributed by atoms with Crippen LogP contribution in [0.25, 0.3) is 17.0 Å². The van der Waals surface area contributed by atoms with Crippen LogP contribution in [0.2, 0.25) is 5.02 Å². The second-order valence-corrected chi connectivity index (χ2v) is 8.20. The first-order valence-corrected chi connectivity index (χ1v) is 11.2. The second-order valence-electron chi connectivity index (χ2n) is 6.85. The van der Waals surface area contributed by atoms with Gasteiger partial charge in [0, 0.05) is 22.3 Å². The highest BCUT2D eigenvalue weighted by Crippen LogP contribution is 2.25. The Labute approximate surface area is 193 Å². The molecule has 0 radical (unpaired) electrons. The van der Waals surface area contributed by atoms with Crippen molar-refractivity contribution >= 4 is 40.6 Å². The van der Waals surface area contributed by atoms with Crippen molar-refractivity contribution in [1.29, 1.82) is 0 Å². The SMILES string of the molecule is CCOc1ccc(-c2nc(SCC(=O)Nc3cccc(Cl)c3C)n3[nH]c(=O)cc3n2)cc1. The molecule has 8 nitrogen and oxygen atoms in total. The lowest BCUT2D eigenvalue weighted by atomic mass is 10.2. The number of carbonyl (C=O) groups excluding carboxylic acids is 1. The summed E-state index contributed by atoms with van der Waals surface area (Å²) >= 11 is 7.32. The van der Waals surface area contributed by atoms with Crippen molar-refractivity contribution in [2.75, 3.05) is 17.7 Å². The van der Waals surface area contributed by atoms with Crippen LogP contribution in [-0.4, -0.2) is 37.8 Å². The van der Waals surface area contributed by atoms with Gasteiger partial charge in [-0.05, 0) is 55.8 Å². The van der Waals surface area contributed by atoms with Gasteiger partial charge in [-0.1, -0.05) is 29.4 Å². The van der Waals surface area contributed by atoms with Gasteiger partial charge in [0.2, 0.25) is 5.91 Å². The summed E-state index contributed by atoms with van der Waals surface area (Å²) in [5, 5.41) is 6.55. The van der Waals surface area contributed by atoms with Crippen molar-refractivity contribution in [3.05, 3.63) is 69.5 Å². The van der Waals surface area contributed by atoms with Gasteiger partial charge in [0.25, 0.3) is 5.56 Å². The molecule has 2 heterocycles. The maximum atomic E-state index is 12.5. The van der Waals surface area contributed by atoms with E-state index in [-0.39, 0.29) is 17.2 Å². The van der Waals surface area contributed by atoms with E-state index < -0.39 is 0 Å². The lowest BCUT2D eigenvalue weighted by molar-refractivity contribution is -0.113. The first kappa shape index (κ1) is 21.9. The average molecular weight is 470 g/mol. The summed E-state index contributed by atoms with van der Waals surface area (Å²) in [6.07, 6.45) is 0. The molecule has 0 aliphatic rings. The summed E-state index contributed by atoms with van der Waals surface area (Å²) in [6, 6.07) is 14.1. The van der Waals surface area contributed by atoms with E-state index in [4.69, 9.17) is 16.3 Å². The summed E-state index contributed by atoms with van der Waals surface area (Å²) in [6.45, 7) is 4.33. The highest BCUT2D eigenvalue weighted by Gasteiger charge is 2.14. The van der Waals surface area contributed by atoms with Crippen LogP contribution >= 0.6 is 23.4 Å². The highest BCUT2D eigenvalue weighted by atomic mass is 35.5. The van der Waals surface area contributed by atoms with Crippen LogP contribution in [-0.2, 0) is 4.79 Å². The number of aromatic nitrogens is 4. The number of ether oxygens (including phenoxy) is 1. The number of halogens is 1. The Morgan fingerprint density at radius 2 is 2.00 bits per heavy atom. The van der Waals surface area contributed by atoms with E-state index in [0.29, 0.717) is 33.9 Å². The Balaban J connectivity index is 1.58. The number of benzene rings is 2. The van der Waals surface area contributed by atoms with E-state index in [0.717, 1.165) is 16.9 Å². The number of nitrogens with one attached hydrogen (secondary N) is 2. The first-order chi connectivity index (χ1) is 15.4. The predicted molar refractivity (Wildman–Crippen MR) is 126 cm³/mol. The molecule has 1 amide bonds. The van der Waals surface area contributed by atoms with E-state index in [1.165, 1.54) is 22.3 Å². The van der Waals surface area contributed by atoms with Gasteiger partial charge < -0.3 is 10.1 Å². The van der Waals surface area contributed by atoms with Crippen LogP contribution in [0, 0.1) is 6.92 Å². The minimum atomic E-state index is -0.302. The van der Waals surface area contributed by atoms with Gasteiger partial charge in [-0.3, -0.25) is 14.7 Å². The first-order valence-electron chi connectivity index (χ1n) is 9.85. The van der Waals surface area contributed by atoms with Crippen LogP contribution in [0.5, 0.6) is 5.75 Å². The molecule has 0 aliphatic carbocycles. The van der Waals surface area contributed by atoms with Crippen molar-refractivity contribution in [2.45, 2.75) is 19.0 Å². The van der Waals surface area contributed by atoms with Crippen molar-refractivity contribution in [1.82, 2.24) is 19.6 Å². The van der Waals surface area contributed by atoms with Gasteiger partial charge >= 0.3 is 0 Å². The van der Waals surface area contributed by atoms with Crippen LogP contribution in [0.4, 0.5) is 5.69 Å². The molecule has 32 heavy (non-hydrogen) atoms. The predicted octanol–water partition coefficient (Wildman–Crippen LogP) is 4.18. The summed E-state index contributed by atoms with van der Waals surface area (Å²) in [5.74, 6) is 1.06.